The molecule has 5 nitrogen and oxygen atoms in total. The van der Waals surface area contributed by atoms with Gasteiger partial charge >= 0.3 is 0 Å². The normalized spacial score (nSPS) is 10.2. The SMILES string of the molecule is Cc1ccc([N+](=O)[O-])c(CC(=O)c2ccccc2)n1. The molecule has 1 aromatic carbocycles. The second-order valence-electron chi connectivity index (χ2n) is 4.14. The van der Waals surface area contributed by atoms with Gasteiger partial charge in [-0.15, -0.1) is 0 Å². The van der Waals surface area contributed by atoms with Crippen LogP contribution in [0.2, 0.25) is 0 Å². The second-order valence-corrected chi connectivity index (χ2v) is 4.14. The smallest absolute Gasteiger partial charge is 0.291 e. The molecule has 0 unspecified atom stereocenters. The van der Waals surface area contributed by atoms with Gasteiger partial charge in [-0.2, -0.15) is 0 Å². The van der Waals surface area contributed by atoms with Crippen molar-refractivity contribution in [3.63, 3.8) is 0 Å². The quantitative estimate of drug-likeness (QED) is 0.479. The van der Waals surface area contributed by atoms with Crippen molar-refractivity contribution in [3.8, 4) is 0 Å². The lowest BCUT2D eigenvalue weighted by molar-refractivity contribution is -0.385. The second kappa shape index (κ2) is 5.39. The Labute approximate surface area is 110 Å². The summed E-state index contributed by atoms with van der Waals surface area (Å²) in [5.41, 5.74) is 1.27. The number of aryl methyl sites for hydroxylation is 1. The first kappa shape index (κ1) is 12.9. The van der Waals surface area contributed by atoms with Gasteiger partial charge in [-0.1, -0.05) is 30.3 Å². The molecule has 2 rings (SSSR count). The summed E-state index contributed by atoms with van der Waals surface area (Å²) < 4.78 is 0. The fourth-order valence-electron chi connectivity index (χ4n) is 1.78. The number of carbonyl (C=O) groups excluding carboxylic acids is 1. The molecule has 0 spiro atoms. The molecule has 96 valence electrons. The number of benzene rings is 1. The minimum absolute atomic E-state index is 0.0675. The molecule has 0 fully saturated rings. The first-order chi connectivity index (χ1) is 9.08. The first-order valence-electron chi connectivity index (χ1n) is 5.77. The number of hydrogen-bond acceptors (Lipinski definition) is 4. The van der Waals surface area contributed by atoms with E-state index in [0.29, 0.717) is 11.3 Å². The van der Waals surface area contributed by atoms with Crippen molar-refractivity contribution in [3.05, 3.63) is 69.5 Å². The molecular formula is C14H12N2O3. The van der Waals surface area contributed by atoms with E-state index in [0.717, 1.165) is 0 Å². The highest BCUT2D eigenvalue weighted by Gasteiger charge is 2.18. The molecule has 19 heavy (non-hydrogen) atoms. The van der Waals surface area contributed by atoms with Crippen LogP contribution >= 0.6 is 0 Å². The highest BCUT2D eigenvalue weighted by atomic mass is 16.6. The monoisotopic (exact) mass is 256 g/mol. The average Bonchev–Trinajstić information content (AvgIpc) is 2.39. The average molecular weight is 256 g/mol. The third-order valence-corrected chi connectivity index (χ3v) is 2.71. The van der Waals surface area contributed by atoms with Gasteiger partial charge in [0.1, 0.15) is 5.69 Å². The number of pyridine rings is 1. The Morgan fingerprint density at radius 3 is 2.53 bits per heavy atom. The molecule has 0 N–H and O–H groups in total. The van der Waals surface area contributed by atoms with Gasteiger partial charge in [-0.25, -0.2) is 0 Å². The zero-order valence-electron chi connectivity index (χ0n) is 10.4. The Kier molecular flexibility index (Phi) is 3.66. The van der Waals surface area contributed by atoms with Crippen LogP contribution in [-0.2, 0) is 6.42 Å². The predicted octanol–water partition coefficient (Wildman–Crippen LogP) is 2.72. The fourth-order valence-corrected chi connectivity index (χ4v) is 1.78. The minimum atomic E-state index is -0.514. The topological polar surface area (TPSA) is 73.1 Å². The van der Waals surface area contributed by atoms with Crippen LogP contribution in [0.25, 0.3) is 0 Å². The lowest BCUT2D eigenvalue weighted by atomic mass is 10.1. The van der Waals surface area contributed by atoms with E-state index < -0.39 is 4.92 Å². The summed E-state index contributed by atoms with van der Waals surface area (Å²) in [6.45, 7) is 1.74. The van der Waals surface area contributed by atoms with Gasteiger partial charge in [0.05, 0.1) is 11.3 Å². The van der Waals surface area contributed by atoms with Crippen LogP contribution in [0.3, 0.4) is 0 Å². The number of ketones is 1. The molecule has 0 aliphatic heterocycles. The van der Waals surface area contributed by atoms with Crippen molar-refractivity contribution in [2.75, 3.05) is 0 Å². The van der Waals surface area contributed by atoms with Gasteiger partial charge in [0, 0.05) is 17.3 Å². The van der Waals surface area contributed by atoms with E-state index in [2.05, 4.69) is 4.98 Å². The molecule has 1 heterocycles. The van der Waals surface area contributed by atoms with Crippen LogP contribution in [0, 0.1) is 17.0 Å². The number of Topliss-reactive ketones (excluding diaryl/α,β-unsaturated/α-hetero) is 1. The zero-order valence-corrected chi connectivity index (χ0v) is 10.4. The summed E-state index contributed by atoms with van der Waals surface area (Å²) in [6, 6.07) is 11.6. The Hall–Kier alpha value is -2.56. The summed E-state index contributed by atoms with van der Waals surface area (Å²) in [6.07, 6.45) is -0.0675. The van der Waals surface area contributed by atoms with Gasteiger partial charge in [0.15, 0.2) is 5.78 Å². The molecule has 0 atom stereocenters. The maximum atomic E-state index is 12.0. The van der Waals surface area contributed by atoms with E-state index in [9.17, 15) is 14.9 Å². The van der Waals surface area contributed by atoms with Crippen molar-refractivity contribution >= 4 is 11.5 Å². The number of rotatable bonds is 4. The van der Waals surface area contributed by atoms with Crippen molar-refractivity contribution in [1.82, 2.24) is 4.98 Å². The highest BCUT2D eigenvalue weighted by molar-refractivity contribution is 5.97. The van der Waals surface area contributed by atoms with Crippen LogP contribution in [-0.4, -0.2) is 15.7 Å². The molecular weight excluding hydrogens is 244 g/mol. The van der Waals surface area contributed by atoms with Crippen molar-refractivity contribution in [2.45, 2.75) is 13.3 Å². The van der Waals surface area contributed by atoms with Crippen molar-refractivity contribution in [1.29, 1.82) is 0 Å². The van der Waals surface area contributed by atoms with Crippen LogP contribution in [0.4, 0.5) is 5.69 Å². The maximum absolute atomic E-state index is 12.0. The third-order valence-electron chi connectivity index (χ3n) is 2.71. The lowest BCUT2D eigenvalue weighted by Crippen LogP contribution is -2.08. The van der Waals surface area contributed by atoms with Crippen molar-refractivity contribution in [2.24, 2.45) is 0 Å². The van der Waals surface area contributed by atoms with Gasteiger partial charge < -0.3 is 0 Å². The molecule has 1 aromatic heterocycles. The van der Waals surface area contributed by atoms with E-state index >= 15 is 0 Å². The van der Waals surface area contributed by atoms with Crippen molar-refractivity contribution < 1.29 is 9.72 Å². The summed E-state index contributed by atoms with van der Waals surface area (Å²) in [5.74, 6) is -0.179. The number of nitrogens with zero attached hydrogens (tertiary/aromatic N) is 2. The van der Waals surface area contributed by atoms with Gasteiger partial charge in [-0.05, 0) is 13.0 Å². The summed E-state index contributed by atoms with van der Waals surface area (Å²) in [7, 11) is 0. The summed E-state index contributed by atoms with van der Waals surface area (Å²) in [5, 5.41) is 10.9. The van der Waals surface area contributed by atoms with Crippen LogP contribution in [0.5, 0.6) is 0 Å². The number of aromatic nitrogens is 1. The molecule has 0 radical (unpaired) electrons. The highest BCUT2D eigenvalue weighted by Crippen LogP contribution is 2.18. The molecule has 0 bridgehead atoms. The predicted molar refractivity (Wildman–Crippen MR) is 70.1 cm³/mol. The molecule has 0 saturated heterocycles. The number of hydrogen-bond donors (Lipinski definition) is 0. The lowest BCUT2D eigenvalue weighted by Gasteiger charge is -2.03. The molecule has 0 saturated carbocycles. The van der Waals surface area contributed by atoms with E-state index in [4.69, 9.17) is 0 Å². The van der Waals surface area contributed by atoms with Gasteiger partial charge in [0.2, 0.25) is 0 Å². The molecule has 5 heteroatoms. The van der Waals surface area contributed by atoms with E-state index in [1.54, 1.807) is 37.3 Å². The summed E-state index contributed by atoms with van der Waals surface area (Å²) in [4.78, 5) is 26.5. The zero-order chi connectivity index (χ0) is 13.8. The Morgan fingerprint density at radius 1 is 1.21 bits per heavy atom. The number of nitro groups is 1. The fraction of sp³-hybridized carbons (Fsp3) is 0.143. The molecule has 2 aromatic rings. The Balaban J connectivity index is 2.31. The summed E-state index contributed by atoms with van der Waals surface area (Å²) >= 11 is 0. The Bertz CT molecular complexity index is 624. The van der Waals surface area contributed by atoms with Gasteiger partial charge in [-0.3, -0.25) is 19.9 Å². The largest absolute Gasteiger partial charge is 0.294 e. The van der Waals surface area contributed by atoms with Crippen LogP contribution in [0.1, 0.15) is 21.7 Å². The van der Waals surface area contributed by atoms with E-state index in [1.807, 2.05) is 6.07 Å². The van der Waals surface area contributed by atoms with Crippen LogP contribution < -0.4 is 0 Å². The van der Waals surface area contributed by atoms with E-state index in [-0.39, 0.29) is 23.6 Å². The van der Waals surface area contributed by atoms with Gasteiger partial charge in [0.25, 0.3) is 5.69 Å². The molecule has 0 amide bonds. The van der Waals surface area contributed by atoms with Crippen LogP contribution in [0.15, 0.2) is 42.5 Å². The number of carbonyl (C=O) groups is 1. The minimum Gasteiger partial charge on any atom is -0.294 e. The standard InChI is InChI=1S/C14H12N2O3/c1-10-7-8-13(16(18)19)12(15-10)9-14(17)11-5-3-2-4-6-11/h2-8H,9H2,1H3. The molecule has 0 aliphatic carbocycles. The first-order valence-corrected chi connectivity index (χ1v) is 5.77. The molecule has 0 aliphatic rings. The van der Waals surface area contributed by atoms with E-state index in [1.165, 1.54) is 6.07 Å². The Morgan fingerprint density at radius 2 is 1.89 bits per heavy atom. The third kappa shape index (κ3) is 3.01. The maximum Gasteiger partial charge on any atom is 0.291 e.